The van der Waals surface area contributed by atoms with Crippen LogP contribution >= 0.6 is 23.2 Å². The maximum absolute atomic E-state index is 13.5. The predicted molar refractivity (Wildman–Crippen MR) is 156 cm³/mol. The normalized spacial score (nSPS) is 12.2. The van der Waals surface area contributed by atoms with E-state index in [2.05, 4.69) is 5.32 Å². The van der Waals surface area contributed by atoms with Gasteiger partial charge in [-0.05, 0) is 68.0 Å². The Morgan fingerprint density at radius 2 is 1.74 bits per heavy atom. The van der Waals surface area contributed by atoms with Gasteiger partial charge in [0, 0.05) is 26.1 Å². The van der Waals surface area contributed by atoms with Crippen molar-refractivity contribution in [2.45, 2.75) is 72.4 Å². The Morgan fingerprint density at radius 1 is 1.03 bits per heavy atom. The smallest absolute Gasteiger partial charge is 0.242 e. The van der Waals surface area contributed by atoms with E-state index in [4.69, 9.17) is 23.2 Å². The quantitative estimate of drug-likeness (QED) is 0.281. The lowest BCUT2D eigenvalue weighted by molar-refractivity contribution is -0.141. The average Bonchev–Trinajstić information content (AvgIpc) is 2.85. The van der Waals surface area contributed by atoms with Crippen molar-refractivity contribution in [3.05, 3.63) is 63.1 Å². The summed E-state index contributed by atoms with van der Waals surface area (Å²) in [6.07, 6.45) is 3.77. The molecule has 0 bridgehead atoms. The molecule has 0 aliphatic rings. The summed E-state index contributed by atoms with van der Waals surface area (Å²) in [7, 11) is -3.56. The molecule has 10 heteroatoms. The number of nitrogens with zero attached hydrogens (tertiary/aromatic N) is 2. The second kappa shape index (κ2) is 14.8. The third-order valence-corrected chi connectivity index (χ3v) is 8.47. The van der Waals surface area contributed by atoms with Gasteiger partial charge in [-0.15, -0.1) is 0 Å². The van der Waals surface area contributed by atoms with Gasteiger partial charge in [0.25, 0.3) is 0 Å². The maximum atomic E-state index is 13.5. The van der Waals surface area contributed by atoms with E-state index in [1.165, 1.54) is 10.6 Å². The SMILES string of the molecule is CCCCNC(=O)[C@@H](CC)N(Cc1ccc(Cl)c(Cl)c1)C(=O)CCCN(c1cccc(C)c1C)S(C)(=O)=O. The van der Waals surface area contributed by atoms with E-state index in [1.54, 1.807) is 29.2 Å². The van der Waals surface area contributed by atoms with Crippen molar-refractivity contribution in [2.24, 2.45) is 0 Å². The van der Waals surface area contributed by atoms with E-state index >= 15 is 0 Å². The molecule has 0 saturated heterocycles. The van der Waals surface area contributed by atoms with Crippen LogP contribution in [0.3, 0.4) is 0 Å². The fraction of sp³-hybridized carbons (Fsp3) is 0.500. The van der Waals surface area contributed by atoms with Gasteiger partial charge in [0.15, 0.2) is 0 Å². The Morgan fingerprint density at radius 3 is 2.34 bits per heavy atom. The fourth-order valence-corrected chi connectivity index (χ4v) is 5.59. The number of sulfonamides is 1. The molecule has 0 fully saturated rings. The topological polar surface area (TPSA) is 86.8 Å². The number of unbranched alkanes of at least 4 members (excludes halogenated alkanes) is 1. The minimum Gasteiger partial charge on any atom is -0.354 e. The zero-order chi connectivity index (χ0) is 28.5. The zero-order valence-electron chi connectivity index (χ0n) is 22.9. The molecule has 0 radical (unpaired) electrons. The molecule has 210 valence electrons. The number of hydrogen-bond acceptors (Lipinski definition) is 4. The fourth-order valence-electron chi connectivity index (χ4n) is 4.25. The van der Waals surface area contributed by atoms with Crippen LogP contribution in [0.25, 0.3) is 0 Å². The summed E-state index contributed by atoms with van der Waals surface area (Å²) in [5.74, 6) is -0.439. The Labute approximate surface area is 237 Å². The summed E-state index contributed by atoms with van der Waals surface area (Å²) < 4.78 is 26.6. The molecule has 38 heavy (non-hydrogen) atoms. The number of hydrogen-bond donors (Lipinski definition) is 1. The molecule has 7 nitrogen and oxygen atoms in total. The van der Waals surface area contributed by atoms with Crippen LogP contribution in [0.15, 0.2) is 36.4 Å². The summed E-state index contributed by atoms with van der Waals surface area (Å²) in [6, 6.07) is 10.00. The molecule has 2 aromatic rings. The molecular formula is C28H39Cl2N3O4S. The monoisotopic (exact) mass is 583 g/mol. The Balaban J connectivity index is 2.26. The first-order valence-electron chi connectivity index (χ1n) is 13.0. The van der Waals surface area contributed by atoms with Gasteiger partial charge in [-0.2, -0.15) is 0 Å². The van der Waals surface area contributed by atoms with Gasteiger partial charge in [0.1, 0.15) is 6.04 Å². The molecular weight excluding hydrogens is 545 g/mol. The van der Waals surface area contributed by atoms with Crippen LogP contribution in [0.4, 0.5) is 5.69 Å². The summed E-state index contributed by atoms with van der Waals surface area (Å²) in [5, 5.41) is 3.71. The third-order valence-electron chi connectivity index (χ3n) is 6.55. The van der Waals surface area contributed by atoms with E-state index in [-0.39, 0.29) is 31.3 Å². The molecule has 0 spiro atoms. The second-order valence-electron chi connectivity index (χ2n) is 9.50. The van der Waals surface area contributed by atoms with Crippen LogP contribution in [0, 0.1) is 13.8 Å². The summed E-state index contributed by atoms with van der Waals surface area (Å²) >= 11 is 12.3. The van der Waals surface area contributed by atoms with Crippen molar-refractivity contribution in [1.82, 2.24) is 10.2 Å². The molecule has 0 heterocycles. The van der Waals surface area contributed by atoms with Gasteiger partial charge in [-0.1, -0.05) is 61.7 Å². The molecule has 1 atom stereocenters. The highest BCUT2D eigenvalue weighted by molar-refractivity contribution is 7.92. The maximum Gasteiger partial charge on any atom is 0.242 e. The molecule has 2 rings (SSSR count). The van der Waals surface area contributed by atoms with Gasteiger partial charge in [-0.3, -0.25) is 13.9 Å². The highest BCUT2D eigenvalue weighted by Crippen LogP contribution is 2.26. The molecule has 0 aliphatic heterocycles. The van der Waals surface area contributed by atoms with Crippen molar-refractivity contribution in [3.63, 3.8) is 0 Å². The summed E-state index contributed by atoms with van der Waals surface area (Å²) in [4.78, 5) is 28.1. The number of carbonyl (C=O) groups is 2. The van der Waals surface area contributed by atoms with Crippen LogP contribution in [0.2, 0.25) is 10.0 Å². The van der Waals surface area contributed by atoms with Crippen LogP contribution in [0.1, 0.15) is 62.6 Å². The van der Waals surface area contributed by atoms with E-state index in [9.17, 15) is 18.0 Å². The van der Waals surface area contributed by atoms with E-state index in [0.29, 0.717) is 35.1 Å². The first-order valence-corrected chi connectivity index (χ1v) is 15.6. The minimum atomic E-state index is -3.56. The standard InChI is InChI=1S/C28H39Cl2N3O4S/c1-6-8-16-31-28(35)25(7-2)32(19-22-14-15-23(29)24(30)18-22)27(34)13-10-17-33(38(5,36)37)26-12-9-11-20(3)21(26)4/h9,11-12,14-15,18,25H,6-8,10,13,16-17,19H2,1-5H3,(H,31,35)/t25-/m1/s1. The molecule has 0 unspecified atom stereocenters. The Kier molecular flexibility index (Phi) is 12.4. The molecule has 2 aromatic carbocycles. The minimum absolute atomic E-state index is 0.0803. The first kappa shape index (κ1) is 31.9. The first-order chi connectivity index (χ1) is 17.9. The lowest BCUT2D eigenvalue weighted by atomic mass is 10.1. The number of aryl methyl sites for hydroxylation is 1. The van der Waals surface area contributed by atoms with Crippen molar-refractivity contribution in [3.8, 4) is 0 Å². The summed E-state index contributed by atoms with van der Waals surface area (Å²) in [5.41, 5.74) is 3.22. The number of rotatable bonds is 14. The van der Waals surface area contributed by atoms with Crippen molar-refractivity contribution >= 4 is 50.7 Å². The van der Waals surface area contributed by atoms with Gasteiger partial charge in [-0.25, -0.2) is 8.42 Å². The van der Waals surface area contributed by atoms with Gasteiger partial charge >= 0.3 is 0 Å². The van der Waals surface area contributed by atoms with Crippen molar-refractivity contribution < 1.29 is 18.0 Å². The molecule has 0 aromatic heterocycles. The largest absolute Gasteiger partial charge is 0.354 e. The number of benzene rings is 2. The van der Waals surface area contributed by atoms with Crippen molar-refractivity contribution in [2.75, 3.05) is 23.7 Å². The lowest BCUT2D eigenvalue weighted by Gasteiger charge is -2.31. The van der Waals surface area contributed by atoms with E-state index < -0.39 is 16.1 Å². The average molecular weight is 585 g/mol. The number of amides is 2. The van der Waals surface area contributed by atoms with Gasteiger partial charge in [0.2, 0.25) is 21.8 Å². The highest BCUT2D eigenvalue weighted by atomic mass is 35.5. The molecule has 0 aliphatic carbocycles. The van der Waals surface area contributed by atoms with Crippen molar-refractivity contribution in [1.29, 1.82) is 0 Å². The summed E-state index contributed by atoms with van der Waals surface area (Å²) in [6.45, 7) is 8.60. The van der Waals surface area contributed by atoms with E-state index in [0.717, 1.165) is 29.5 Å². The van der Waals surface area contributed by atoms with Crippen LogP contribution in [-0.4, -0.2) is 50.5 Å². The molecule has 0 saturated carbocycles. The Hall–Kier alpha value is -2.29. The number of carbonyl (C=O) groups excluding carboxylic acids is 2. The number of anilines is 1. The molecule has 1 N–H and O–H groups in total. The zero-order valence-corrected chi connectivity index (χ0v) is 25.2. The number of nitrogens with one attached hydrogen (secondary N) is 1. The lowest BCUT2D eigenvalue weighted by Crippen LogP contribution is -2.49. The predicted octanol–water partition coefficient (Wildman–Crippen LogP) is 5.88. The van der Waals surface area contributed by atoms with Gasteiger partial charge < -0.3 is 10.2 Å². The van der Waals surface area contributed by atoms with Gasteiger partial charge in [0.05, 0.1) is 22.0 Å². The molecule has 2 amide bonds. The third kappa shape index (κ3) is 8.89. The van der Waals surface area contributed by atoms with Crippen LogP contribution in [-0.2, 0) is 26.2 Å². The second-order valence-corrected chi connectivity index (χ2v) is 12.2. The van der Waals surface area contributed by atoms with Crippen LogP contribution in [0.5, 0.6) is 0 Å². The van der Waals surface area contributed by atoms with E-state index in [1.807, 2.05) is 39.8 Å². The Bertz CT molecular complexity index is 1220. The van der Waals surface area contributed by atoms with Crippen LogP contribution < -0.4 is 9.62 Å². The highest BCUT2D eigenvalue weighted by Gasteiger charge is 2.29. The number of halogens is 2.